The number of fused-ring (bicyclic) bond motifs is 1. The Labute approximate surface area is 127 Å². The molecule has 0 aliphatic heterocycles. The van der Waals surface area contributed by atoms with Gasteiger partial charge in [-0.2, -0.15) is 0 Å². The second-order valence-corrected chi connectivity index (χ2v) is 6.13. The Balaban J connectivity index is 1.80. The van der Waals surface area contributed by atoms with Gasteiger partial charge in [-0.3, -0.25) is 4.40 Å². The molecule has 21 heavy (non-hydrogen) atoms. The van der Waals surface area contributed by atoms with Crippen molar-refractivity contribution in [1.29, 1.82) is 0 Å². The third-order valence-electron chi connectivity index (χ3n) is 3.75. The van der Waals surface area contributed by atoms with Gasteiger partial charge in [-0.05, 0) is 38.5 Å². The minimum absolute atomic E-state index is 0.0876. The maximum atomic E-state index is 13.3. The minimum Gasteiger partial charge on any atom is -0.305 e. The molecule has 0 unspecified atom stereocenters. The molecule has 3 nitrogen and oxygen atoms in total. The lowest BCUT2D eigenvalue weighted by molar-refractivity contribution is 0.556. The average molecular weight is 303 g/mol. The number of aromatic nitrogens is 2. The van der Waals surface area contributed by atoms with E-state index in [-0.39, 0.29) is 11.9 Å². The smallest absolute Gasteiger partial charge is 0.194 e. The lowest BCUT2D eigenvalue weighted by Crippen LogP contribution is -2.19. The van der Waals surface area contributed by atoms with Crippen LogP contribution in [0.25, 0.3) is 4.96 Å². The van der Waals surface area contributed by atoms with Crippen molar-refractivity contribution >= 4 is 16.3 Å². The van der Waals surface area contributed by atoms with Gasteiger partial charge in [0.05, 0.1) is 11.4 Å². The molecule has 0 bridgehead atoms. The first-order chi connectivity index (χ1) is 10.1. The second-order valence-electron chi connectivity index (χ2n) is 5.30. The van der Waals surface area contributed by atoms with E-state index in [4.69, 9.17) is 0 Å². The summed E-state index contributed by atoms with van der Waals surface area (Å²) in [6.45, 7) is 6.87. The third kappa shape index (κ3) is 2.71. The van der Waals surface area contributed by atoms with Gasteiger partial charge in [0.15, 0.2) is 4.96 Å². The number of benzene rings is 1. The first-order valence-electron chi connectivity index (χ1n) is 6.97. The van der Waals surface area contributed by atoms with Crippen LogP contribution in [0.5, 0.6) is 0 Å². The van der Waals surface area contributed by atoms with Crippen LogP contribution in [0.15, 0.2) is 29.6 Å². The summed E-state index contributed by atoms with van der Waals surface area (Å²) in [6.07, 6.45) is 0. The van der Waals surface area contributed by atoms with Crippen molar-refractivity contribution in [3.63, 3.8) is 0 Å². The molecule has 0 aliphatic carbocycles. The summed E-state index contributed by atoms with van der Waals surface area (Å²) in [5.41, 5.74) is 4.37. The van der Waals surface area contributed by atoms with Gasteiger partial charge in [0.1, 0.15) is 5.82 Å². The lowest BCUT2D eigenvalue weighted by Gasteiger charge is -2.14. The first kappa shape index (κ1) is 14.2. The highest BCUT2D eigenvalue weighted by molar-refractivity contribution is 7.15. The summed E-state index contributed by atoms with van der Waals surface area (Å²) in [6, 6.07) is 6.82. The molecule has 0 aliphatic rings. The Hall–Kier alpha value is -1.72. The van der Waals surface area contributed by atoms with E-state index < -0.39 is 0 Å². The van der Waals surface area contributed by atoms with Crippen molar-refractivity contribution in [3.8, 4) is 0 Å². The maximum Gasteiger partial charge on any atom is 0.194 e. The van der Waals surface area contributed by atoms with Gasteiger partial charge in [-0.25, -0.2) is 9.37 Å². The molecule has 0 amide bonds. The predicted octanol–water partition coefficient (Wildman–Crippen LogP) is 4.00. The fourth-order valence-corrected chi connectivity index (χ4v) is 3.45. The number of hydrogen-bond acceptors (Lipinski definition) is 3. The second kappa shape index (κ2) is 5.58. The maximum absolute atomic E-state index is 13.3. The van der Waals surface area contributed by atoms with Crippen LogP contribution in [0.1, 0.15) is 35.6 Å². The largest absolute Gasteiger partial charge is 0.305 e. The Bertz CT molecular complexity index is 775. The predicted molar refractivity (Wildman–Crippen MR) is 84.2 cm³/mol. The van der Waals surface area contributed by atoms with E-state index in [1.54, 1.807) is 23.5 Å². The molecule has 0 saturated heterocycles. The summed E-state index contributed by atoms with van der Waals surface area (Å²) >= 11 is 1.66. The average Bonchev–Trinajstić information content (AvgIpc) is 2.96. The van der Waals surface area contributed by atoms with Gasteiger partial charge in [0, 0.05) is 23.7 Å². The van der Waals surface area contributed by atoms with Gasteiger partial charge in [0.2, 0.25) is 0 Å². The van der Waals surface area contributed by atoms with Crippen molar-refractivity contribution in [2.24, 2.45) is 0 Å². The van der Waals surface area contributed by atoms with Crippen molar-refractivity contribution in [1.82, 2.24) is 14.7 Å². The van der Waals surface area contributed by atoms with Crippen LogP contribution < -0.4 is 5.32 Å². The minimum atomic E-state index is -0.197. The third-order valence-corrected chi connectivity index (χ3v) is 4.70. The van der Waals surface area contributed by atoms with Crippen molar-refractivity contribution in [2.75, 3.05) is 0 Å². The first-order valence-corrected chi connectivity index (χ1v) is 7.85. The summed E-state index contributed by atoms with van der Waals surface area (Å²) < 4.78 is 15.5. The quantitative estimate of drug-likeness (QED) is 0.789. The van der Waals surface area contributed by atoms with E-state index in [1.807, 2.05) is 19.9 Å². The van der Waals surface area contributed by atoms with Gasteiger partial charge in [-0.15, -0.1) is 11.3 Å². The molecule has 3 aromatic rings. The topological polar surface area (TPSA) is 29.3 Å². The summed E-state index contributed by atoms with van der Waals surface area (Å²) in [4.78, 5) is 5.61. The number of rotatable bonds is 4. The molecule has 0 radical (unpaired) electrons. The number of thiazole rings is 1. The molecular formula is C16H18FN3S. The van der Waals surface area contributed by atoms with Crippen LogP contribution >= 0.6 is 11.3 Å². The van der Waals surface area contributed by atoms with Crippen molar-refractivity contribution in [2.45, 2.75) is 33.4 Å². The van der Waals surface area contributed by atoms with Gasteiger partial charge in [0.25, 0.3) is 0 Å². The highest BCUT2D eigenvalue weighted by Crippen LogP contribution is 2.21. The Morgan fingerprint density at radius 2 is 2.19 bits per heavy atom. The van der Waals surface area contributed by atoms with Crippen molar-refractivity contribution in [3.05, 3.63) is 58.1 Å². The normalized spacial score (nSPS) is 13.0. The standard InChI is InChI=1S/C16H18FN3S/c1-10-9-21-16-19-12(3)15(20(10)16)8-18-11(2)13-5-4-6-14(17)7-13/h4-7,9,11,18H,8H2,1-3H3/t11-/m1/s1. The van der Waals surface area contributed by atoms with E-state index in [1.165, 1.54) is 17.5 Å². The summed E-state index contributed by atoms with van der Waals surface area (Å²) in [5.74, 6) is -0.197. The molecule has 0 fully saturated rings. The molecule has 110 valence electrons. The van der Waals surface area contributed by atoms with Gasteiger partial charge >= 0.3 is 0 Å². The van der Waals surface area contributed by atoms with E-state index in [9.17, 15) is 4.39 Å². The molecular weight excluding hydrogens is 285 g/mol. The fourth-order valence-electron chi connectivity index (χ4n) is 2.52. The molecule has 0 spiro atoms. The zero-order valence-electron chi connectivity index (χ0n) is 12.4. The molecule has 2 aromatic heterocycles. The Morgan fingerprint density at radius 3 is 2.95 bits per heavy atom. The van der Waals surface area contributed by atoms with E-state index >= 15 is 0 Å². The van der Waals surface area contributed by atoms with E-state index in [2.05, 4.69) is 27.0 Å². The van der Waals surface area contributed by atoms with Crippen LogP contribution in [-0.4, -0.2) is 9.38 Å². The number of nitrogens with one attached hydrogen (secondary N) is 1. The number of hydrogen-bond donors (Lipinski definition) is 1. The van der Waals surface area contributed by atoms with Crippen LogP contribution in [0.4, 0.5) is 4.39 Å². The Morgan fingerprint density at radius 1 is 1.38 bits per heavy atom. The number of nitrogens with zero attached hydrogens (tertiary/aromatic N) is 2. The molecule has 5 heteroatoms. The summed E-state index contributed by atoms with van der Waals surface area (Å²) in [7, 11) is 0. The number of aryl methyl sites for hydroxylation is 2. The van der Waals surface area contributed by atoms with E-state index in [0.29, 0.717) is 6.54 Å². The zero-order chi connectivity index (χ0) is 15.0. The van der Waals surface area contributed by atoms with Crippen molar-refractivity contribution < 1.29 is 4.39 Å². The number of halogens is 1. The van der Waals surface area contributed by atoms with Gasteiger partial charge < -0.3 is 5.32 Å². The molecule has 2 heterocycles. The van der Waals surface area contributed by atoms with Gasteiger partial charge in [-0.1, -0.05) is 12.1 Å². The molecule has 0 saturated carbocycles. The molecule has 3 rings (SSSR count). The SMILES string of the molecule is Cc1nc2scc(C)n2c1CN[C@H](C)c1cccc(F)c1. The highest BCUT2D eigenvalue weighted by Gasteiger charge is 2.13. The van der Waals surface area contributed by atoms with Crippen LogP contribution in [0.2, 0.25) is 0 Å². The fraction of sp³-hybridized carbons (Fsp3) is 0.312. The Kier molecular flexibility index (Phi) is 3.78. The van der Waals surface area contributed by atoms with E-state index in [0.717, 1.165) is 16.2 Å². The van der Waals surface area contributed by atoms with Crippen LogP contribution in [0.3, 0.4) is 0 Å². The number of imidazole rings is 1. The van der Waals surface area contributed by atoms with Crippen LogP contribution in [0, 0.1) is 19.7 Å². The zero-order valence-corrected chi connectivity index (χ0v) is 13.2. The highest BCUT2D eigenvalue weighted by atomic mass is 32.1. The summed E-state index contributed by atoms with van der Waals surface area (Å²) in [5, 5.41) is 5.57. The lowest BCUT2D eigenvalue weighted by atomic mass is 10.1. The van der Waals surface area contributed by atoms with Crippen LogP contribution in [-0.2, 0) is 6.54 Å². The molecule has 1 N–H and O–H groups in total. The molecule has 1 atom stereocenters. The monoisotopic (exact) mass is 303 g/mol. The molecule has 1 aromatic carbocycles.